The average Bonchev–Trinajstić information content (AvgIpc) is 2.98. The van der Waals surface area contributed by atoms with E-state index < -0.39 is 23.9 Å². The number of carbonyl (C=O) groups excluding carboxylic acids is 2. The molecule has 0 fully saturated rings. The summed E-state index contributed by atoms with van der Waals surface area (Å²) in [6, 6.07) is 1.43. The maximum atomic E-state index is 13.0. The number of hydrogen-bond acceptors (Lipinski definition) is 5. The van der Waals surface area contributed by atoms with E-state index in [0.29, 0.717) is 5.69 Å². The summed E-state index contributed by atoms with van der Waals surface area (Å²) in [4.78, 5) is 33.8. The van der Waals surface area contributed by atoms with Crippen LogP contribution in [0.1, 0.15) is 16.1 Å². The van der Waals surface area contributed by atoms with Gasteiger partial charge in [0.15, 0.2) is 0 Å². The first kappa shape index (κ1) is 14.6. The number of amides is 1. The van der Waals surface area contributed by atoms with E-state index in [1.807, 2.05) is 0 Å². The van der Waals surface area contributed by atoms with Crippen LogP contribution in [0.4, 0.5) is 4.39 Å². The molecule has 0 aromatic carbocycles. The fourth-order valence-corrected chi connectivity index (χ4v) is 1.74. The number of aromatic nitrogens is 3. The summed E-state index contributed by atoms with van der Waals surface area (Å²) in [7, 11) is 1.22. The maximum Gasteiger partial charge on any atom is 0.328 e. The lowest BCUT2D eigenvalue weighted by Gasteiger charge is -2.15. The van der Waals surface area contributed by atoms with Crippen molar-refractivity contribution < 1.29 is 18.7 Å². The maximum absolute atomic E-state index is 13.0. The van der Waals surface area contributed by atoms with Gasteiger partial charge < -0.3 is 15.0 Å². The van der Waals surface area contributed by atoms with E-state index in [2.05, 4.69) is 25.0 Å². The summed E-state index contributed by atoms with van der Waals surface area (Å²) in [6.07, 6.45) is 4.36. The van der Waals surface area contributed by atoms with Gasteiger partial charge in [-0.15, -0.1) is 0 Å². The molecule has 0 saturated heterocycles. The minimum absolute atomic E-state index is 0.0704. The second-order valence-electron chi connectivity index (χ2n) is 4.20. The number of nitrogens with zero attached hydrogens (tertiary/aromatic N) is 2. The molecule has 2 aromatic rings. The Morgan fingerprint density at radius 1 is 1.52 bits per heavy atom. The van der Waals surface area contributed by atoms with E-state index in [0.717, 1.165) is 6.07 Å². The lowest BCUT2D eigenvalue weighted by atomic mass is 10.1. The SMILES string of the molecule is COC(=O)[C@H](Cc1cnc[nH]1)NC(=O)c1ccnc(F)c1. The van der Waals surface area contributed by atoms with Gasteiger partial charge in [-0.2, -0.15) is 4.39 Å². The molecule has 2 N–H and O–H groups in total. The van der Waals surface area contributed by atoms with Crippen LogP contribution in [0.25, 0.3) is 0 Å². The Labute approximate surface area is 119 Å². The minimum Gasteiger partial charge on any atom is -0.467 e. The number of pyridine rings is 1. The lowest BCUT2D eigenvalue weighted by molar-refractivity contribution is -0.142. The van der Waals surface area contributed by atoms with Crippen molar-refractivity contribution in [3.63, 3.8) is 0 Å². The molecule has 0 aliphatic heterocycles. The van der Waals surface area contributed by atoms with Gasteiger partial charge >= 0.3 is 5.97 Å². The second kappa shape index (κ2) is 6.60. The first-order chi connectivity index (χ1) is 10.1. The molecule has 0 spiro atoms. The van der Waals surface area contributed by atoms with Gasteiger partial charge in [-0.25, -0.2) is 14.8 Å². The molecule has 0 unspecified atom stereocenters. The number of ether oxygens (including phenoxy) is 1. The highest BCUT2D eigenvalue weighted by Gasteiger charge is 2.23. The van der Waals surface area contributed by atoms with Gasteiger partial charge in [-0.3, -0.25) is 4.79 Å². The van der Waals surface area contributed by atoms with E-state index in [9.17, 15) is 14.0 Å². The predicted molar refractivity (Wildman–Crippen MR) is 69.8 cm³/mol. The van der Waals surface area contributed by atoms with E-state index in [4.69, 9.17) is 0 Å². The Balaban J connectivity index is 2.11. The van der Waals surface area contributed by atoms with Crippen LogP contribution in [0.3, 0.4) is 0 Å². The van der Waals surface area contributed by atoms with E-state index in [-0.39, 0.29) is 12.0 Å². The molecule has 7 nitrogen and oxygen atoms in total. The zero-order valence-electron chi connectivity index (χ0n) is 11.2. The third-order valence-electron chi connectivity index (χ3n) is 2.76. The fourth-order valence-electron chi connectivity index (χ4n) is 1.74. The van der Waals surface area contributed by atoms with Gasteiger partial charge in [0.05, 0.1) is 13.4 Å². The van der Waals surface area contributed by atoms with Crippen LogP contribution in [-0.4, -0.2) is 40.0 Å². The highest BCUT2D eigenvalue weighted by molar-refractivity contribution is 5.96. The summed E-state index contributed by atoms with van der Waals surface area (Å²) < 4.78 is 17.6. The number of H-pyrrole nitrogens is 1. The largest absolute Gasteiger partial charge is 0.467 e. The molecule has 2 heterocycles. The zero-order chi connectivity index (χ0) is 15.2. The summed E-state index contributed by atoms with van der Waals surface area (Å²) in [5, 5.41) is 2.49. The number of rotatable bonds is 5. The van der Waals surface area contributed by atoms with Crippen LogP contribution < -0.4 is 5.32 Å². The first-order valence-electron chi connectivity index (χ1n) is 6.07. The quantitative estimate of drug-likeness (QED) is 0.616. The van der Waals surface area contributed by atoms with Crippen molar-refractivity contribution in [2.45, 2.75) is 12.5 Å². The number of aromatic amines is 1. The highest BCUT2D eigenvalue weighted by atomic mass is 19.1. The topological polar surface area (TPSA) is 97.0 Å². The normalized spacial score (nSPS) is 11.7. The molecule has 2 rings (SSSR count). The second-order valence-corrected chi connectivity index (χ2v) is 4.20. The van der Waals surface area contributed by atoms with E-state index >= 15 is 0 Å². The predicted octanol–water partition coefficient (Wildman–Crippen LogP) is 0.458. The Morgan fingerprint density at radius 3 is 2.95 bits per heavy atom. The molecule has 0 saturated carbocycles. The molecular formula is C13H13FN4O3. The Morgan fingerprint density at radius 2 is 2.33 bits per heavy atom. The van der Waals surface area contributed by atoms with Gasteiger partial charge in [-0.1, -0.05) is 0 Å². The van der Waals surface area contributed by atoms with Crippen molar-refractivity contribution in [3.8, 4) is 0 Å². The van der Waals surface area contributed by atoms with E-state index in [1.54, 1.807) is 0 Å². The lowest BCUT2D eigenvalue weighted by Crippen LogP contribution is -2.43. The number of imidazole rings is 1. The molecule has 21 heavy (non-hydrogen) atoms. The van der Waals surface area contributed by atoms with E-state index in [1.165, 1.54) is 31.9 Å². The molecule has 1 atom stereocenters. The van der Waals surface area contributed by atoms with Crippen LogP contribution in [0.5, 0.6) is 0 Å². The third-order valence-corrected chi connectivity index (χ3v) is 2.76. The van der Waals surface area contributed by atoms with Gasteiger partial charge in [0.1, 0.15) is 6.04 Å². The summed E-state index contributed by atoms with van der Waals surface area (Å²) in [5.74, 6) is -1.97. The van der Waals surface area contributed by atoms with Crippen LogP contribution >= 0.6 is 0 Å². The number of halogens is 1. The summed E-state index contributed by atoms with van der Waals surface area (Å²) >= 11 is 0. The summed E-state index contributed by atoms with van der Waals surface area (Å²) in [6.45, 7) is 0. The smallest absolute Gasteiger partial charge is 0.328 e. The number of nitrogens with one attached hydrogen (secondary N) is 2. The monoisotopic (exact) mass is 292 g/mol. The van der Waals surface area contributed by atoms with Gasteiger partial charge in [0, 0.05) is 36.1 Å². The van der Waals surface area contributed by atoms with Crippen LogP contribution in [-0.2, 0) is 16.0 Å². The van der Waals surface area contributed by atoms with Crippen LogP contribution in [0, 0.1) is 5.95 Å². The molecule has 0 radical (unpaired) electrons. The van der Waals surface area contributed by atoms with Gasteiger partial charge in [0.25, 0.3) is 5.91 Å². The highest BCUT2D eigenvalue weighted by Crippen LogP contribution is 2.04. The van der Waals surface area contributed by atoms with Crippen molar-refractivity contribution in [1.29, 1.82) is 0 Å². The van der Waals surface area contributed by atoms with Gasteiger partial charge in [-0.05, 0) is 6.07 Å². The van der Waals surface area contributed by atoms with Crippen molar-refractivity contribution in [3.05, 3.63) is 48.1 Å². The van der Waals surface area contributed by atoms with Crippen molar-refractivity contribution in [1.82, 2.24) is 20.3 Å². The molecule has 0 aliphatic carbocycles. The van der Waals surface area contributed by atoms with Crippen LogP contribution in [0.15, 0.2) is 30.9 Å². The molecule has 2 aromatic heterocycles. The average molecular weight is 292 g/mol. The Hall–Kier alpha value is -2.77. The first-order valence-corrected chi connectivity index (χ1v) is 6.07. The van der Waals surface area contributed by atoms with Crippen molar-refractivity contribution in [2.75, 3.05) is 7.11 Å². The summed E-state index contributed by atoms with van der Waals surface area (Å²) in [5.41, 5.74) is 0.729. The Kier molecular flexibility index (Phi) is 4.60. The van der Waals surface area contributed by atoms with Crippen molar-refractivity contribution in [2.24, 2.45) is 0 Å². The number of esters is 1. The van der Waals surface area contributed by atoms with Crippen LogP contribution in [0.2, 0.25) is 0 Å². The molecule has 8 heteroatoms. The minimum atomic E-state index is -0.904. The molecular weight excluding hydrogens is 279 g/mol. The number of methoxy groups -OCH3 is 1. The fraction of sp³-hybridized carbons (Fsp3) is 0.231. The Bertz CT molecular complexity index is 630. The third kappa shape index (κ3) is 3.85. The molecule has 110 valence electrons. The molecule has 0 aliphatic rings. The van der Waals surface area contributed by atoms with Gasteiger partial charge in [0.2, 0.25) is 5.95 Å². The number of carbonyl (C=O) groups is 2. The molecule has 0 bridgehead atoms. The number of hydrogen-bond donors (Lipinski definition) is 2. The molecule has 1 amide bonds. The standard InChI is InChI=1S/C13H13FN4O3/c1-21-13(20)10(5-9-6-15-7-17-9)18-12(19)8-2-3-16-11(14)4-8/h2-4,6-7,10H,5H2,1H3,(H,15,17)(H,18,19)/t10-/m0/s1. The van der Waals surface area contributed by atoms with Crippen molar-refractivity contribution >= 4 is 11.9 Å². The zero-order valence-corrected chi connectivity index (χ0v) is 11.2.